The van der Waals surface area contributed by atoms with E-state index in [0.717, 1.165) is 4.80 Å². The average molecular weight is 289 g/mol. The van der Waals surface area contributed by atoms with E-state index in [2.05, 4.69) is 15.4 Å². The van der Waals surface area contributed by atoms with E-state index >= 15 is 0 Å². The summed E-state index contributed by atoms with van der Waals surface area (Å²) in [6.07, 6.45) is -0.198. The van der Waals surface area contributed by atoms with Gasteiger partial charge in [-0.05, 0) is 31.2 Å². The molecule has 1 amide bonds. The fourth-order valence-corrected chi connectivity index (χ4v) is 1.63. The van der Waals surface area contributed by atoms with Crippen molar-refractivity contribution in [2.75, 3.05) is 0 Å². The van der Waals surface area contributed by atoms with E-state index in [1.54, 1.807) is 38.1 Å². The highest BCUT2D eigenvalue weighted by molar-refractivity contribution is 5.90. The number of nitrogens with two attached hydrogens (primary N) is 1. The molecule has 0 spiro atoms. The van der Waals surface area contributed by atoms with Gasteiger partial charge in [-0.1, -0.05) is 12.1 Å². The predicted molar refractivity (Wildman–Crippen MR) is 73.0 cm³/mol. The number of primary amides is 1. The van der Waals surface area contributed by atoms with Gasteiger partial charge in [-0.15, -0.1) is 10.2 Å². The third-order valence-corrected chi connectivity index (χ3v) is 2.45. The Hall–Kier alpha value is -2.77. The van der Waals surface area contributed by atoms with Crippen molar-refractivity contribution in [3.63, 3.8) is 0 Å². The molecule has 2 rings (SSSR count). The fourth-order valence-electron chi connectivity index (χ4n) is 1.63. The Bertz CT molecular complexity index is 665. The summed E-state index contributed by atoms with van der Waals surface area (Å²) in [5, 5.41) is 11.6. The molecule has 0 bridgehead atoms. The summed E-state index contributed by atoms with van der Waals surface area (Å²) in [5.41, 5.74) is 6.05. The summed E-state index contributed by atoms with van der Waals surface area (Å²) >= 11 is 0. The van der Waals surface area contributed by atoms with E-state index in [0.29, 0.717) is 17.0 Å². The monoisotopic (exact) mass is 289 g/mol. The van der Waals surface area contributed by atoms with Gasteiger partial charge in [0.1, 0.15) is 6.54 Å². The predicted octanol–water partition coefficient (Wildman–Crippen LogP) is 0.391. The number of aromatic nitrogens is 4. The normalized spacial score (nSPS) is 10.6. The molecule has 0 aliphatic carbocycles. The molecule has 21 heavy (non-hydrogen) atoms. The van der Waals surface area contributed by atoms with Crippen LogP contribution in [-0.4, -0.2) is 38.2 Å². The van der Waals surface area contributed by atoms with Crippen LogP contribution in [0.25, 0.3) is 11.4 Å². The van der Waals surface area contributed by atoms with E-state index < -0.39 is 11.9 Å². The van der Waals surface area contributed by atoms with Crippen LogP contribution in [0.15, 0.2) is 24.3 Å². The molecule has 2 N–H and O–H groups in total. The number of ether oxygens (including phenoxy) is 1. The molecule has 0 aliphatic rings. The van der Waals surface area contributed by atoms with Gasteiger partial charge in [0.15, 0.2) is 0 Å². The second kappa shape index (κ2) is 6.12. The Balaban J connectivity index is 2.22. The molecule has 1 heterocycles. The van der Waals surface area contributed by atoms with E-state index in [4.69, 9.17) is 10.5 Å². The molecule has 0 atom stereocenters. The standard InChI is InChI=1S/C13H15N5O3/c1-8(2)21-13(20)10-5-3-4-9(6-10)12-15-17-18(16-12)7-11(14)19/h3-6,8H,7H2,1-2H3,(H2,14,19). The molecule has 8 heteroatoms. The smallest absolute Gasteiger partial charge is 0.338 e. The zero-order valence-electron chi connectivity index (χ0n) is 11.7. The van der Waals surface area contributed by atoms with Crippen LogP contribution in [0, 0.1) is 0 Å². The largest absolute Gasteiger partial charge is 0.459 e. The molecule has 0 unspecified atom stereocenters. The minimum Gasteiger partial charge on any atom is -0.459 e. The number of benzene rings is 1. The van der Waals surface area contributed by atoms with Crippen molar-refractivity contribution in [1.82, 2.24) is 20.2 Å². The number of carbonyl (C=O) groups excluding carboxylic acids is 2. The first-order chi connectivity index (χ1) is 9.95. The molecule has 110 valence electrons. The van der Waals surface area contributed by atoms with Crippen molar-refractivity contribution in [3.05, 3.63) is 29.8 Å². The maximum Gasteiger partial charge on any atom is 0.338 e. The lowest BCUT2D eigenvalue weighted by molar-refractivity contribution is -0.118. The minimum atomic E-state index is -0.562. The van der Waals surface area contributed by atoms with Crippen LogP contribution in [0.3, 0.4) is 0 Å². The zero-order valence-corrected chi connectivity index (χ0v) is 11.7. The number of esters is 1. The molecule has 8 nitrogen and oxygen atoms in total. The van der Waals surface area contributed by atoms with Crippen molar-refractivity contribution in [1.29, 1.82) is 0 Å². The summed E-state index contributed by atoms with van der Waals surface area (Å²) in [4.78, 5) is 23.7. The first-order valence-electron chi connectivity index (χ1n) is 6.33. The minimum absolute atomic E-state index is 0.151. The summed E-state index contributed by atoms with van der Waals surface area (Å²) in [6.45, 7) is 3.40. The van der Waals surface area contributed by atoms with Crippen molar-refractivity contribution >= 4 is 11.9 Å². The third-order valence-electron chi connectivity index (χ3n) is 2.45. The second-order valence-corrected chi connectivity index (χ2v) is 4.64. The van der Waals surface area contributed by atoms with Gasteiger partial charge in [-0.3, -0.25) is 4.79 Å². The van der Waals surface area contributed by atoms with E-state index in [1.165, 1.54) is 0 Å². The van der Waals surface area contributed by atoms with E-state index in [9.17, 15) is 9.59 Å². The summed E-state index contributed by atoms with van der Waals surface area (Å²) in [7, 11) is 0. The quantitative estimate of drug-likeness (QED) is 0.797. The lowest BCUT2D eigenvalue weighted by Gasteiger charge is -2.08. The summed E-state index contributed by atoms with van der Waals surface area (Å²) in [6, 6.07) is 6.68. The summed E-state index contributed by atoms with van der Waals surface area (Å²) < 4.78 is 5.12. The van der Waals surface area contributed by atoms with Gasteiger partial charge in [0.2, 0.25) is 11.7 Å². The second-order valence-electron chi connectivity index (χ2n) is 4.64. The van der Waals surface area contributed by atoms with Crippen molar-refractivity contribution in [2.24, 2.45) is 5.73 Å². The van der Waals surface area contributed by atoms with Crippen LogP contribution >= 0.6 is 0 Å². The fraction of sp³-hybridized carbons (Fsp3) is 0.308. The average Bonchev–Trinajstić information content (AvgIpc) is 2.86. The first-order valence-corrected chi connectivity index (χ1v) is 6.33. The van der Waals surface area contributed by atoms with Crippen LogP contribution < -0.4 is 5.73 Å². The Morgan fingerprint density at radius 3 is 2.81 bits per heavy atom. The maximum atomic E-state index is 11.8. The van der Waals surface area contributed by atoms with Gasteiger partial charge >= 0.3 is 5.97 Å². The zero-order chi connectivity index (χ0) is 15.4. The van der Waals surface area contributed by atoms with Gasteiger partial charge in [0.25, 0.3) is 0 Å². The number of hydrogen-bond acceptors (Lipinski definition) is 6. The topological polar surface area (TPSA) is 113 Å². The highest BCUT2D eigenvalue weighted by atomic mass is 16.5. The molecule has 0 aliphatic heterocycles. The van der Waals surface area contributed by atoms with Gasteiger partial charge in [0, 0.05) is 5.56 Å². The van der Waals surface area contributed by atoms with Crippen LogP contribution in [-0.2, 0) is 16.1 Å². The van der Waals surface area contributed by atoms with Gasteiger partial charge in [-0.25, -0.2) is 4.79 Å². The van der Waals surface area contributed by atoms with E-state index in [-0.39, 0.29) is 12.6 Å². The molecular weight excluding hydrogens is 274 g/mol. The number of amides is 1. The highest BCUT2D eigenvalue weighted by Gasteiger charge is 2.13. The third kappa shape index (κ3) is 3.85. The van der Waals surface area contributed by atoms with E-state index in [1.807, 2.05) is 0 Å². The SMILES string of the molecule is CC(C)OC(=O)c1cccc(-c2nnn(CC(N)=O)n2)c1. The lowest BCUT2D eigenvalue weighted by Crippen LogP contribution is -2.20. The number of tetrazole rings is 1. The van der Waals surface area contributed by atoms with Crippen LogP contribution in [0.4, 0.5) is 0 Å². The number of nitrogens with zero attached hydrogens (tertiary/aromatic N) is 4. The molecule has 1 aromatic heterocycles. The Labute approximate surface area is 120 Å². The molecular formula is C13H15N5O3. The Morgan fingerprint density at radius 2 is 2.14 bits per heavy atom. The Morgan fingerprint density at radius 1 is 1.38 bits per heavy atom. The molecule has 0 saturated carbocycles. The lowest BCUT2D eigenvalue weighted by atomic mass is 10.1. The number of hydrogen-bond donors (Lipinski definition) is 1. The molecule has 0 fully saturated rings. The van der Waals surface area contributed by atoms with Gasteiger partial charge < -0.3 is 10.5 Å². The number of carbonyl (C=O) groups is 2. The van der Waals surface area contributed by atoms with Crippen LogP contribution in [0.2, 0.25) is 0 Å². The van der Waals surface area contributed by atoms with Crippen molar-refractivity contribution in [2.45, 2.75) is 26.5 Å². The van der Waals surface area contributed by atoms with Crippen molar-refractivity contribution in [3.8, 4) is 11.4 Å². The molecule has 1 aromatic carbocycles. The molecule has 0 radical (unpaired) electrons. The Kier molecular flexibility index (Phi) is 4.27. The van der Waals surface area contributed by atoms with Gasteiger partial charge in [-0.2, -0.15) is 4.80 Å². The molecule has 2 aromatic rings. The highest BCUT2D eigenvalue weighted by Crippen LogP contribution is 2.16. The maximum absolute atomic E-state index is 11.8. The van der Waals surface area contributed by atoms with Crippen LogP contribution in [0.5, 0.6) is 0 Å². The van der Waals surface area contributed by atoms with Crippen molar-refractivity contribution < 1.29 is 14.3 Å². The molecule has 0 saturated heterocycles. The first kappa shape index (κ1) is 14.6. The van der Waals surface area contributed by atoms with Crippen LogP contribution in [0.1, 0.15) is 24.2 Å². The summed E-state index contributed by atoms with van der Waals surface area (Å²) in [5.74, 6) is -0.681. The van der Waals surface area contributed by atoms with Gasteiger partial charge in [0.05, 0.1) is 11.7 Å². The number of rotatable bonds is 5.